The van der Waals surface area contributed by atoms with E-state index in [9.17, 15) is 0 Å². The first-order valence-electron chi connectivity index (χ1n) is 7.51. The highest BCUT2D eigenvalue weighted by Gasteiger charge is 2.21. The molecule has 0 aliphatic carbocycles. The largest absolute Gasteiger partial charge is 0.306 e. The van der Waals surface area contributed by atoms with Gasteiger partial charge in [0.25, 0.3) is 0 Å². The van der Waals surface area contributed by atoms with Crippen LogP contribution in [0.2, 0.25) is 0 Å². The lowest BCUT2D eigenvalue weighted by Gasteiger charge is -2.24. The number of thiophene rings is 1. The Balaban J connectivity index is 2.56. The molecule has 0 amide bonds. The van der Waals surface area contributed by atoms with Gasteiger partial charge in [0.05, 0.1) is 9.83 Å². The molecule has 1 aromatic heterocycles. The number of hydrogen-bond donors (Lipinski definition) is 1. The van der Waals surface area contributed by atoms with Gasteiger partial charge in [-0.15, -0.1) is 11.3 Å². The zero-order chi connectivity index (χ0) is 15.6. The molecule has 1 aromatic carbocycles. The minimum absolute atomic E-state index is 0.292. The zero-order valence-corrected chi connectivity index (χ0v) is 15.9. The summed E-state index contributed by atoms with van der Waals surface area (Å²) >= 11 is 5.42. The second kappa shape index (κ2) is 7.08. The average molecular weight is 366 g/mol. The van der Waals surface area contributed by atoms with Crippen LogP contribution in [0, 0.1) is 27.7 Å². The molecule has 1 atom stereocenters. The van der Waals surface area contributed by atoms with Crippen LogP contribution in [-0.4, -0.2) is 6.54 Å². The Morgan fingerprint density at radius 1 is 1.10 bits per heavy atom. The molecule has 2 rings (SSSR count). The molecule has 1 unspecified atom stereocenters. The minimum atomic E-state index is 0.292. The summed E-state index contributed by atoms with van der Waals surface area (Å²) in [4.78, 5) is 1.38. The first-order chi connectivity index (χ1) is 9.95. The van der Waals surface area contributed by atoms with Crippen LogP contribution in [0.5, 0.6) is 0 Å². The summed E-state index contributed by atoms with van der Waals surface area (Å²) in [6.07, 6.45) is 1.14. The maximum Gasteiger partial charge on any atom is 0.0702 e. The van der Waals surface area contributed by atoms with Gasteiger partial charge in [-0.25, -0.2) is 0 Å². The van der Waals surface area contributed by atoms with Crippen molar-refractivity contribution in [2.24, 2.45) is 0 Å². The maximum atomic E-state index is 3.74. The fourth-order valence-corrected chi connectivity index (χ4v) is 4.31. The molecule has 0 aliphatic rings. The Kier molecular flexibility index (Phi) is 5.64. The molecule has 3 heteroatoms. The molecule has 1 nitrogen and oxygen atoms in total. The van der Waals surface area contributed by atoms with Gasteiger partial charge in [-0.05, 0) is 96.5 Å². The van der Waals surface area contributed by atoms with Crippen molar-refractivity contribution in [1.82, 2.24) is 5.32 Å². The van der Waals surface area contributed by atoms with E-state index in [1.54, 1.807) is 0 Å². The maximum absolute atomic E-state index is 3.74. The molecule has 0 saturated heterocycles. The third-order valence-electron chi connectivity index (χ3n) is 4.19. The normalized spacial score (nSPS) is 12.7. The van der Waals surface area contributed by atoms with Crippen LogP contribution < -0.4 is 5.32 Å². The molecule has 0 saturated carbocycles. The summed E-state index contributed by atoms with van der Waals surface area (Å²) in [5, 5.41) is 3.74. The topological polar surface area (TPSA) is 12.0 Å². The molecule has 21 heavy (non-hydrogen) atoms. The number of rotatable bonds is 5. The van der Waals surface area contributed by atoms with Gasteiger partial charge in [0.1, 0.15) is 0 Å². The van der Waals surface area contributed by atoms with Gasteiger partial charge < -0.3 is 5.32 Å². The van der Waals surface area contributed by atoms with Gasteiger partial charge in [0.15, 0.2) is 0 Å². The zero-order valence-electron chi connectivity index (χ0n) is 13.5. The first kappa shape index (κ1) is 16.7. The van der Waals surface area contributed by atoms with E-state index in [4.69, 9.17) is 0 Å². The minimum Gasteiger partial charge on any atom is -0.306 e. The number of aryl methyl sites for hydroxylation is 2. The standard InChI is InChI=1S/C18H24BrNS/c1-6-9-20-18(15-7-8-16(19)21-15)17-13(4)11(2)10-12(3)14(17)5/h7-8,10,18,20H,6,9H2,1-5H3. The number of benzene rings is 1. The molecule has 0 bridgehead atoms. The third-order valence-corrected chi connectivity index (χ3v) is 5.88. The van der Waals surface area contributed by atoms with Crippen LogP contribution in [0.15, 0.2) is 22.0 Å². The molecule has 0 radical (unpaired) electrons. The smallest absolute Gasteiger partial charge is 0.0702 e. The summed E-state index contributed by atoms with van der Waals surface area (Å²) < 4.78 is 1.19. The molecular weight excluding hydrogens is 342 g/mol. The highest BCUT2D eigenvalue weighted by Crippen LogP contribution is 2.36. The predicted molar refractivity (Wildman–Crippen MR) is 97.5 cm³/mol. The van der Waals surface area contributed by atoms with Gasteiger partial charge in [-0.3, -0.25) is 0 Å². The molecule has 0 spiro atoms. The summed E-state index contributed by atoms with van der Waals surface area (Å²) in [5.41, 5.74) is 7.04. The van der Waals surface area contributed by atoms with E-state index in [2.05, 4.69) is 74.1 Å². The van der Waals surface area contributed by atoms with Gasteiger partial charge in [-0.2, -0.15) is 0 Å². The molecular formula is C18H24BrNS. The van der Waals surface area contributed by atoms with Crippen molar-refractivity contribution in [3.8, 4) is 0 Å². The second-order valence-electron chi connectivity index (χ2n) is 5.70. The number of halogens is 1. The van der Waals surface area contributed by atoms with Gasteiger partial charge >= 0.3 is 0 Å². The Hall–Kier alpha value is -0.640. The van der Waals surface area contributed by atoms with Crippen molar-refractivity contribution in [3.05, 3.63) is 54.7 Å². The summed E-state index contributed by atoms with van der Waals surface area (Å²) in [7, 11) is 0. The molecule has 2 aromatic rings. The highest BCUT2D eigenvalue weighted by atomic mass is 79.9. The van der Waals surface area contributed by atoms with E-state index >= 15 is 0 Å². The summed E-state index contributed by atoms with van der Waals surface area (Å²) in [5.74, 6) is 0. The van der Waals surface area contributed by atoms with Crippen LogP contribution >= 0.6 is 27.3 Å². The molecule has 0 aliphatic heterocycles. The van der Waals surface area contributed by atoms with Crippen molar-refractivity contribution in [2.75, 3.05) is 6.54 Å². The Bertz CT molecular complexity index is 604. The van der Waals surface area contributed by atoms with Crippen molar-refractivity contribution in [1.29, 1.82) is 0 Å². The lowest BCUT2D eigenvalue weighted by Crippen LogP contribution is -2.24. The van der Waals surface area contributed by atoms with Crippen LogP contribution in [0.4, 0.5) is 0 Å². The lowest BCUT2D eigenvalue weighted by atomic mass is 9.89. The van der Waals surface area contributed by atoms with E-state index in [0.717, 1.165) is 13.0 Å². The van der Waals surface area contributed by atoms with E-state index < -0.39 is 0 Å². The molecule has 0 fully saturated rings. The van der Waals surface area contributed by atoms with Gasteiger partial charge in [-0.1, -0.05) is 13.0 Å². The fourth-order valence-electron chi connectivity index (χ4n) is 2.80. The number of hydrogen-bond acceptors (Lipinski definition) is 2. The third kappa shape index (κ3) is 3.58. The quantitative estimate of drug-likeness (QED) is 0.702. The second-order valence-corrected chi connectivity index (χ2v) is 8.20. The first-order valence-corrected chi connectivity index (χ1v) is 9.12. The van der Waals surface area contributed by atoms with Crippen molar-refractivity contribution in [3.63, 3.8) is 0 Å². The number of nitrogens with one attached hydrogen (secondary N) is 1. The van der Waals surface area contributed by atoms with E-state index in [1.165, 1.54) is 36.5 Å². The van der Waals surface area contributed by atoms with Crippen molar-refractivity contribution < 1.29 is 0 Å². The van der Waals surface area contributed by atoms with Crippen LogP contribution in [0.3, 0.4) is 0 Å². The van der Waals surface area contributed by atoms with Crippen molar-refractivity contribution >= 4 is 27.3 Å². The van der Waals surface area contributed by atoms with Crippen molar-refractivity contribution in [2.45, 2.75) is 47.1 Å². The Morgan fingerprint density at radius 2 is 1.71 bits per heavy atom. The average Bonchev–Trinajstić information content (AvgIpc) is 2.86. The van der Waals surface area contributed by atoms with E-state index in [0.29, 0.717) is 6.04 Å². The SMILES string of the molecule is CCCNC(c1ccc(Br)s1)c1c(C)c(C)cc(C)c1C. The van der Waals surface area contributed by atoms with Crippen LogP contribution in [0.1, 0.15) is 52.1 Å². The summed E-state index contributed by atoms with van der Waals surface area (Å²) in [6.45, 7) is 12.2. The molecule has 1 N–H and O–H groups in total. The summed E-state index contributed by atoms with van der Waals surface area (Å²) in [6, 6.07) is 6.97. The van der Waals surface area contributed by atoms with Gasteiger partial charge in [0.2, 0.25) is 0 Å². The van der Waals surface area contributed by atoms with Crippen LogP contribution in [0.25, 0.3) is 0 Å². The highest BCUT2D eigenvalue weighted by molar-refractivity contribution is 9.11. The van der Waals surface area contributed by atoms with E-state index in [1.807, 2.05) is 11.3 Å². The molecule has 1 heterocycles. The Morgan fingerprint density at radius 3 is 2.19 bits per heavy atom. The predicted octanol–water partition coefficient (Wildman–Crippen LogP) is 5.83. The van der Waals surface area contributed by atoms with E-state index in [-0.39, 0.29) is 0 Å². The fraction of sp³-hybridized carbons (Fsp3) is 0.444. The monoisotopic (exact) mass is 365 g/mol. The lowest BCUT2D eigenvalue weighted by molar-refractivity contribution is 0.600. The Labute approximate surface area is 140 Å². The molecule has 114 valence electrons. The van der Waals surface area contributed by atoms with Crippen LogP contribution in [-0.2, 0) is 0 Å². The van der Waals surface area contributed by atoms with Gasteiger partial charge in [0, 0.05) is 4.88 Å².